The topological polar surface area (TPSA) is 59.6 Å². The lowest BCUT2D eigenvalue weighted by Gasteiger charge is -2.41. The molecule has 4 heteroatoms. The Labute approximate surface area is 126 Å². The van der Waals surface area contributed by atoms with Crippen molar-refractivity contribution in [2.45, 2.75) is 50.0 Å². The summed E-state index contributed by atoms with van der Waals surface area (Å²) in [7, 11) is 1.70. The Kier molecular flexibility index (Phi) is 4.04. The van der Waals surface area contributed by atoms with Crippen LogP contribution in [0, 0.1) is 0 Å². The zero-order valence-electron chi connectivity index (χ0n) is 12.8. The molecule has 3 N–H and O–H groups in total. The molecule has 0 aliphatic heterocycles. The van der Waals surface area contributed by atoms with Gasteiger partial charge in [-0.3, -0.25) is 4.99 Å². The lowest BCUT2D eigenvalue weighted by atomic mass is 9.64. The predicted molar refractivity (Wildman–Crippen MR) is 85.8 cm³/mol. The molecule has 2 fully saturated rings. The van der Waals surface area contributed by atoms with Crippen LogP contribution in [0.1, 0.15) is 44.1 Å². The summed E-state index contributed by atoms with van der Waals surface area (Å²) in [5.41, 5.74) is 7.55. The average molecular weight is 287 g/mol. The summed E-state index contributed by atoms with van der Waals surface area (Å²) in [5, 5.41) is 3.31. The van der Waals surface area contributed by atoms with Gasteiger partial charge in [-0.05, 0) is 49.8 Å². The lowest BCUT2D eigenvalue weighted by molar-refractivity contribution is 0.253. The minimum atomic E-state index is 0.179. The average Bonchev–Trinajstić information content (AvgIpc) is 2.42. The largest absolute Gasteiger partial charge is 0.497 e. The molecule has 0 unspecified atom stereocenters. The predicted octanol–water partition coefficient (Wildman–Crippen LogP) is 2.57. The highest BCUT2D eigenvalue weighted by Crippen LogP contribution is 2.44. The van der Waals surface area contributed by atoms with Crippen LogP contribution in [-0.4, -0.2) is 25.7 Å². The van der Waals surface area contributed by atoms with E-state index in [4.69, 9.17) is 10.5 Å². The van der Waals surface area contributed by atoms with Crippen LogP contribution in [0.5, 0.6) is 5.75 Å². The molecule has 0 atom stereocenters. The number of nitrogens with two attached hydrogens (primary N) is 1. The zero-order valence-corrected chi connectivity index (χ0v) is 12.8. The number of benzene rings is 1. The van der Waals surface area contributed by atoms with E-state index < -0.39 is 0 Å². The molecular weight excluding hydrogens is 262 g/mol. The highest BCUT2D eigenvalue weighted by Gasteiger charge is 2.38. The van der Waals surface area contributed by atoms with Crippen molar-refractivity contribution in [1.29, 1.82) is 0 Å². The van der Waals surface area contributed by atoms with Gasteiger partial charge in [0.15, 0.2) is 5.96 Å². The molecule has 2 aliphatic carbocycles. The van der Waals surface area contributed by atoms with Crippen molar-refractivity contribution in [1.82, 2.24) is 5.32 Å². The van der Waals surface area contributed by atoms with Crippen molar-refractivity contribution in [3.05, 3.63) is 29.8 Å². The van der Waals surface area contributed by atoms with Crippen molar-refractivity contribution in [2.24, 2.45) is 10.7 Å². The molecule has 2 aliphatic rings. The van der Waals surface area contributed by atoms with Crippen LogP contribution < -0.4 is 15.8 Å². The van der Waals surface area contributed by atoms with Crippen molar-refractivity contribution < 1.29 is 4.74 Å². The number of hydrogen-bond donors (Lipinski definition) is 2. The van der Waals surface area contributed by atoms with E-state index in [0.29, 0.717) is 12.0 Å². The first kappa shape index (κ1) is 14.2. The Bertz CT molecular complexity index is 501. The molecule has 0 amide bonds. The molecular formula is C17H25N3O. The maximum absolute atomic E-state index is 6.01. The van der Waals surface area contributed by atoms with Crippen molar-refractivity contribution >= 4 is 5.96 Å². The van der Waals surface area contributed by atoms with Gasteiger partial charge in [-0.15, -0.1) is 0 Å². The molecule has 4 nitrogen and oxygen atoms in total. The van der Waals surface area contributed by atoms with Crippen LogP contribution >= 0.6 is 0 Å². The summed E-state index contributed by atoms with van der Waals surface area (Å²) >= 11 is 0. The molecule has 21 heavy (non-hydrogen) atoms. The molecule has 1 aromatic rings. The van der Waals surface area contributed by atoms with Gasteiger partial charge in [0.2, 0.25) is 0 Å². The fraction of sp³-hybridized carbons (Fsp3) is 0.588. The first-order chi connectivity index (χ1) is 10.2. The normalized spacial score (nSPS) is 21.3. The molecule has 0 saturated heterocycles. The van der Waals surface area contributed by atoms with Crippen LogP contribution in [0.3, 0.4) is 0 Å². The quantitative estimate of drug-likeness (QED) is 0.646. The Morgan fingerprint density at radius 3 is 2.48 bits per heavy atom. The third kappa shape index (κ3) is 2.99. The van der Waals surface area contributed by atoms with Crippen molar-refractivity contribution in [3.63, 3.8) is 0 Å². The van der Waals surface area contributed by atoms with E-state index in [-0.39, 0.29) is 5.41 Å². The van der Waals surface area contributed by atoms with E-state index in [1.54, 1.807) is 7.11 Å². The van der Waals surface area contributed by atoms with Gasteiger partial charge < -0.3 is 15.8 Å². The molecule has 114 valence electrons. The SMILES string of the molecule is COc1ccc(C2(CN=C(N)NC3CCC3)CCC2)cc1. The van der Waals surface area contributed by atoms with E-state index in [9.17, 15) is 0 Å². The number of hydrogen-bond acceptors (Lipinski definition) is 2. The van der Waals surface area contributed by atoms with Gasteiger partial charge >= 0.3 is 0 Å². The minimum absolute atomic E-state index is 0.179. The Morgan fingerprint density at radius 1 is 1.29 bits per heavy atom. The van der Waals surface area contributed by atoms with Gasteiger partial charge in [-0.25, -0.2) is 0 Å². The number of aliphatic imine (C=N–C) groups is 1. The standard InChI is InChI=1S/C17H25N3O/c1-21-15-8-6-13(7-9-15)17(10-3-11-17)12-19-16(18)20-14-4-2-5-14/h6-9,14H,2-5,10-12H2,1H3,(H3,18,19,20). The summed E-state index contributed by atoms with van der Waals surface area (Å²) < 4.78 is 5.24. The van der Waals surface area contributed by atoms with E-state index in [0.717, 1.165) is 12.3 Å². The zero-order chi connectivity index (χ0) is 14.7. The first-order valence-electron chi connectivity index (χ1n) is 7.93. The summed E-state index contributed by atoms with van der Waals surface area (Å²) in [6, 6.07) is 8.96. The molecule has 2 saturated carbocycles. The molecule has 0 heterocycles. The number of nitrogens with zero attached hydrogens (tertiary/aromatic N) is 1. The molecule has 3 rings (SSSR count). The Hall–Kier alpha value is -1.71. The van der Waals surface area contributed by atoms with Gasteiger partial charge in [-0.2, -0.15) is 0 Å². The van der Waals surface area contributed by atoms with Crippen LogP contribution in [0.25, 0.3) is 0 Å². The smallest absolute Gasteiger partial charge is 0.188 e. The maximum atomic E-state index is 6.01. The molecule has 0 bridgehead atoms. The second-order valence-corrected chi connectivity index (χ2v) is 6.34. The first-order valence-corrected chi connectivity index (χ1v) is 7.93. The fourth-order valence-corrected chi connectivity index (χ4v) is 3.13. The number of guanidine groups is 1. The van der Waals surface area contributed by atoms with Crippen LogP contribution in [0.2, 0.25) is 0 Å². The van der Waals surface area contributed by atoms with Gasteiger partial charge in [0.25, 0.3) is 0 Å². The van der Waals surface area contributed by atoms with Crippen LogP contribution in [0.15, 0.2) is 29.3 Å². The highest BCUT2D eigenvalue weighted by atomic mass is 16.5. The number of ether oxygens (including phenoxy) is 1. The molecule has 0 radical (unpaired) electrons. The molecule has 0 spiro atoms. The lowest BCUT2D eigenvalue weighted by Crippen LogP contribution is -2.45. The third-order valence-corrected chi connectivity index (χ3v) is 5.02. The molecule has 1 aromatic carbocycles. The Morgan fingerprint density at radius 2 is 2.00 bits per heavy atom. The summed E-state index contributed by atoms with van der Waals surface area (Å²) in [4.78, 5) is 4.61. The summed E-state index contributed by atoms with van der Waals surface area (Å²) in [6.07, 6.45) is 7.41. The van der Waals surface area contributed by atoms with Crippen LogP contribution in [0.4, 0.5) is 0 Å². The number of nitrogens with one attached hydrogen (secondary N) is 1. The monoisotopic (exact) mass is 287 g/mol. The van der Waals surface area contributed by atoms with E-state index >= 15 is 0 Å². The van der Waals surface area contributed by atoms with Crippen molar-refractivity contribution in [2.75, 3.05) is 13.7 Å². The summed E-state index contributed by atoms with van der Waals surface area (Å²) in [5.74, 6) is 1.52. The fourth-order valence-electron chi connectivity index (χ4n) is 3.13. The molecule has 0 aromatic heterocycles. The second-order valence-electron chi connectivity index (χ2n) is 6.34. The van der Waals surface area contributed by atoms with Gasteiger partial charge in [0, 0.05) is 11.5 Å². The number of methoxy groups -OCH3 is 1. The number of rotatable bonds is 5. The van der Waals surface area contributed by atoms with Gasteiger partial charge in [0.1, 0.15) is 5.75 Å². The van der Waals surface area contributed by atoms with Gasteiger partial charge in [-0.1, -0.05) is 18.6 Å². The van der Waals surface area contributed by atoms with E-state index in [2.05, 4.69) is 22.4 Å². The highest BCUT2D eigenvalue weighted by molar-refractivity contribution is 5.78. The third-order valence-electron chi connectivity index (χ3n) is 5.02. The van der Waals surface area contributed by atoms with E-state index in [1.807, 2.05) is 12.1 Å². The van der Waals surface area contributed by atoms with Crippen molar-refractivity contribution in [3.8, 4) is 5.75 Å². The summed E-state index contributed by atoms with van der Waals surface area (Å²) in [6.45, 7) is 0.783. The second kappa shape index (κ2) is 5.96. The Balaban J connectivity index is 1.66. The van der Waals surface area contributed by atoms with Crippen LogP contribution in [-0.2, 0) is 5.41 Å². The maximum Gasteiger partial charge on any atom is 0.188 e. The van der Waals surface area contributed by atoms with E-state index in [1.165, 1.54) is 44.1 Å². The van der Waals surface area contributed by atoms with Gasteiger partial charge in [0.05, 0.1) is 13.7 Å². The minimum Gasteiger partial charge on any atom is -0.497 e.